The zero-order valence-electron chi connectivity index (χ0n) is 14.1. The minimum atomic E-state index is -1.10. The molecule has 4 N–H and O–H groups in total. The maximum absolute atomic E-state index is 11.7. The van der Waals surface area contributed by atoms with Gasteiger partial charge in [-0.25, -0.2) is 4.79 Å². The molecule has 1 saturated carbocycles. The molecule has 8 heteroatoms. The van der Waals surface area contributed by atoms with Crippen LogP contribution in [0.3, 0.4) is 0 Å². The number of hydrogen-bond donors (Lipinski definition) is 3. The highest BCUT2D eigenvalue weighted by atomic mass is 16.5. The molecule has 25 heavy (non-hydrogen) atoms. The van der Waals surface area contributed by atoms with Gasteiger partial charge in [-0.15, -0.1) is 0 Å². The van der Waals surface area contributed by atoms with Crippen molar-refractivity contribution < 1.29 is 24.3 Å². The highest BCUT2D eigenvalue weighted by Crippen LogP contribution is 2.38. The molecule has 0 radical (unpaired) electrons. The van der Waals surface area contributed by atoms with Crippen LogP contribution >= 0.6 is 0 Å². The Kier molecular flexibility index (Phi) is 4.35. The SMILES string of the molecule is N[C@@H]1CCC[C@@H]1N1CC(Oc2ccc3c(c2C(=O)O)OB(O)CC3)C1. The van der Waals surface area contributed by atoms with Crippen LogP contribution in [0.25, 0.3) is 0 Å². The first-order valence-electron chi connectivity index (χ1n) is 8.93. The summed E-state index contributed by atoms with van der Waals surface area (Å²) in [5.41, 5.74) is 6.94. The van der Waals surface area contributed by atoms with Crippen LogP contribution in [-0.2, 0) is 6.42 Å². The lowest BCUT2D eigenvalue weighted by Gasteiger charge is -2.44. The average molecular weight is 346 g/mol. The fourth-order valence-corrected chi connectivity index (χ4v) is 4.13. The van der Waals surface area contributed by atoms with E-state index >= 15 is 0 Å². The first-order chi connectivity index (χ1) is 12.0. The normalized spacial score (nSPS) is 26.7. The van der Waals surface area contributed by atoms with Crippen LogP contribution in [0.4, 0.5) is 0 Å². The molecule has 7 nitrogen and oxygen atoms in total. The third-order valence-electron chi connectivity index (χ3n) is 5.50. The van der Waals surface area contributed by atoms with Crippen molar-refractivity contribution in [2.45, 2.75) is 50.2 Å². The summed E-state index contributed by atoms with van der Waals surface area (Å²) in [4.78, 5) is 14.1. The summed E-state index contributed by atoms with van der Waals surface area (Å²) in [5, 5.41) is 19.3. The van der Waals surface area contributed by atoms with Gasteiger partial charge < -0.3 is 25.3 Å². The summed E-state index contributed by atoms with van der Waals surface area (Å²) in [6.07, 6.45) is 4.37. The maximum atomic E-state index is 11.7. The van der Waals surface area contributed by atoms with E-state index in [1.54, 1.807) is 6.07 Å². The van der Waals surface area contributed by atoms with Gasteiger partial charge in [0.25, 0.3) is 0 Å². The van der Waals surface area contributed by atoms with Crippen LogP contribution in [-0.4, -0.2) is 59.4 Å². The first kappa shape index (κ1) is 16.7. The molecule has 1 saturated heterocycles. The molecule has 1 aromatic carbocycles. The van der Waals surface area contributed by atoms with E-state index in [0.29, 0.717) is 24.5 Å². The summed E-state index contributed by atoms with van der Waals surface area (Å²) in [5.74, 6) is -0.562. The van der Waals surface area contributed by atoms with E-state index in [2.05, 4.69) is 4.90 Å². The Morgan fingerprint density at radius 1 is 1.36 bits per heavy atom. The van der Waals surface area contributed by atoms with Crippen LogP contribution in [0.1, 0.15) is 35.2 Å². The van der Waals surface area contributed by atoms with Crippen LogP contribution < -0.4 is 15.1 Å². The number of nitrogens with zero attached hydrogens (tertiary/aromatic N) is 1. The second kappa shape index (κ2) is 6.51. The van der Waals surface area contributed by atoms with Gasteiger partial charge in [-0.3, -0.25) is 4.90 Å². The molecule has 2 fully saturated rings. The smallest absolute Gasteiger partial charge is 0.522 e. The molecule has 2 aliphatic heterocycles. The number of nitrogens with two attached hydrogens (primary N) is 1. The molecule has 2 atom stereocenters. The predicted octanol–water partition coefficient (Wildman–Crippen LogP) is 0.743. The van der Waals surface area contributed by atoms with Gasteiger partial charge in [-0.2, -0.15) is 0 Å². The Labute approximate surface area is 146 Å². The van der Waals surface area contributed by atoms with E-state index < -0.39 is 13.1 Å². The Morgan fingerprint density at radius 3 is 2.84 bits per heavy atom. The minimum Gasteiger partial charge on any atom is -0.535 e. The highest BCUT2D eigenvalue weighted by molar-refractivity contribution is 6.44. The Bertz CT molecular complexity index is 679. The monoisotopic (exact) mass is 346 g/mol. The van der Waals surface area contributed by atoms with Crippen molar-refractivity contribution in [1.82, 2.24) is 4.90 Å². The fraction of sp³-hybridized carbons (Fsp3) is 0.588. The number of rotatable bonds is 4. The van der Waals surface area contributed by atoms with E-state index in [4.69, 9.17) is 15.1 Å². The molecule has 134 valence electrons. The van der Waals surface area contributed by atoms with Gasteiger partial charge in [0.05, 0.1) is 0 Å². The topological polar surface area (TPSA) is 105 Å². The van der Waals surface area contributed by atoms with E-state index in [9.17, 15) is 14.9 Å². The van der Waals surface area contributed by atoms with Gasteiger partial charge in [-0.1, -0.05) is 12.5 Å². The first-order valence-corrected chi connectivity index (χ1v) is 8.93. The number of benzene rings is 1. The molecule has 1 aliphatic carbocycles. The zero-order valence-corrected chi connectivity index (χ0v) is 14.1. The van der Waals surface area contributed by atoms with Crippen molar-refractivity contribution in [3.05, 3.63) is 23.3 Å². The number of likely N-dealkylation sites (tertiary alicyclic amines) is 1. The number of carboxylic acids is 1. The van der Waals surface area contributed by atoms with Crippen LogP contribution in [0.2, 0.25) is 6.32 Å². The van der Waals surface area contributed by atoms with Crippen molar-refractivity contribution in [3.63, 3.8) is 0 Å². The maximum Gasteiger partial charge on any atom is 0.522 e. The number of ether oxygens (including phenoxy) is 1. The standard InChI is InChI=1S/C17H23BN2O5/c19-12-2-1-3-13(12)20-8-11(9-20)24-14-5-4-10-6-7-18(23)25-16(10)15(14)17(21)22/h4-5,11-13,23H,1-3,6-9,19H2,(H,21,22)/t12-,13+/m1/s1. The molecule has 0 aromatic heterocycles. The van der Waals surface area contributed by atoms with E-state index in [0.717, 1.165) is 31.5 Å². The predicted molar refractivity (Wildman–Crippen MR) is 92.1 cm³/mol. The molecule has 3 aliphatic rings. The number of hydrogen-bond acceptors (Lipinski definition) is 6. The van der Waals surface area contributed by atoms with Crippen molar-refractivity contribution in [2.75, 3.05) is 13.1 Å². The number of fused-ring (bicyclic) bond motifs is 1. The molecular formula is C17H23BN2O5. The van der Waals surface area contributed by atoms with Gasteiger partial charge in [0.2, 0.25) is 0 Å². The summed E-state index contributed by atoms with van der Waals surface area (Å²) in [6.45, 7) is 1.52. The molecule has 0 bridgehead atoms. The lowest BCUT2D eigenvalue weighted by atomic mass is 9.78. The van der Waals surface area contributed by atoms with Gasteiger partial charge in [0.15, 0.2) is 0 Å². The van der Waals surface area contributed by atoms with E-state index in [1.807, 2.05) is 6.07 Å². The van der Waals surface area contributed by atoms with Crippen LogP contribution in [0.15, 0.2) is 12.1 Å². The zero-order chi connectivity index (χ0) is 17.6. The third kappa shape index (κ3) is 3.10. The number of carboxylic acid groups (broad SMARTS) is 1. The molecule has 2 heterocycles. The van der Waals surface area contributed by atoms with Gasteiger partial charge in [0, 0.05) is 25.2 Å². The van der Waals surface area contributed by atoms with Crippen molar-refractivity contribution in [2.24, 2.45) is 5.73 Å². The summed E-state index contributed by atoms with van der Waals surface area (Å²) < 4.78 is 11.3. The number of aryl methyl sites for hydroxylation is 1. The van der Waals surface area contributed by atoms with E-state index in [-0.39, 0.29) is 23.5 Å². The second-order valence-corrected chi connectivity index (χ2v) is 7.20. The average Bonchev–Trinajstić information content (AvgIpc) is 2.95. The molecule has 1 aromatic rings. The molecule has 0 amide bonds. The summed E-state index contributed by atoms with van der Waals surface area (Å²) >= 11 is 0. The van der Waals surface area contributed by atoms with Crippen LogP contribution in [0.5, 0.6) is 11.5 Å². The molecule has 4 rings (SSSR count). The molecular weight excluding hydrogens is 323 g/mol. The largest absolute Gasteiger partial charge is 0.535 e. The minimum absolute atomic E-state index is 0.00673. The lowest BCUT2D eigenvalue weighted by Crippen LogP contribution is -2.60. The van der Waals surface area contributed by atoms with E-state index in [1.165, 1.54) is 6.42 Å². The molecule has 0 spiro atoms. The Morgan fingerprint density at radius 2 is 2.16 bits per heavy atom. The number of carbonyl (C=O) groups is 1. The van der Waals surface area contributed by atoms with Gasteiger partial charge in [0.1, 0.15) is 23.2 Å². The summed E-state index contributed by atoms with van der Waals surface area (Å²) in [7, 11) is -0.969. The van der Waals surface area contributed by atoms with Gasteiger partial charge in [-0.05, 0) is 37.2 Å². The Balaban J connectivity index is 1.48. The van der Waals surface area contributed by atoms with Crippen molar-refractivity contribution in [3.8, 4) is 11.5 Å². The van der Waals surface area contributed by atoms with Crippen molar-refractivity contribution in [1.29, 1.82) is 0 Å². The van der Waals surface area contributed by atoms with Crippen molar-refractivity contribution >= 4 is 13.1 Å². The molecule has 0 unspecified atom stereocenters. The quantitative estimate of drug-likeness (QED) is 0.691. The Hall–Kier alpha value is -1.77. The lowest BCUT2D eigenvalue weighted by molar-refractivity contribution is -0.0118. The summed E-state index contributed by atoms with van der Waals surface area (Å²) in [6, 6.07) is 4.18. The second-order valence-electron chi connectivity index (χ2n) is 7.20. The highest BCUT2D eigenvalue weighted by Gasteiger charge is 2.39. The van der Waals surface area contributed by atoms with Gasteiger partial charge >= 0.3 is 13.1 Å². The van der Waals surface area contributed by atoms with Crippen LogP contribution in [0, 0.1) is 0 Å². The fourth-order valence-electron chi connectivity index (χ4n) is 4.13. The number of aromatic carboxylic acids is 1. The third-order valence-corrected chi connectivity index (χ3v) is 5.50.